The van der Waals surface area contributed by atoms with Crippen LogP contribution in [-0.4, -0.2) is 23.2 Å². The van der Waals surface area contributed by atoms with Crippen LogP contribution in [-0.2, 0) is 0 Å². The maximum absolute atomic E-state index is 13.8. The summed E-state index contributed by atoms with van der Waals surface area (Å²) in [6, 6.07) is 4.69. The fourth-order valence-electron chi connectivity index (χ4n) is 2.14. The van der Waals surface area contributed by atoms with E-state index in [0.29, 0.717) is 17.9 Å². The van der Waals surface area contributed by atoms with Crippen LogP contribution in [0.4, 0.5) is 4.39 Å². The summed E-state index contributed by atoms with van der Waals surface area (Å²) < 4.78 is 13.8. The van der Waals surface area contributed by atoms with Gasteiger partial charge in [0.2, 0.25) is 0 Å². The molecular weight excluding hydrogens is 245 g/mol. The maximum Gasteiger partial charge on any atom is 0.254 e. The Hall–Kier alpha value is -1.42. The lowest BCUT2D eigenvalue weighted by atomic mass is 9.94. The lowest BCUT2D eigenvalue weighted by Crippen LogP contribution is -2.41. The Bertz CT molecular complexity index is 455. The van der Waals surface area contributed by atoms with Crippen LogP contribution in [0.2, 0.25) is 0 Å². The van der Waals surface area contributed by atoms with E-state index in [1.807, 2.05) is 13.8 Å². The highest BCUT2D eigenvalue weighted by Gasteiger charge is 2.23. The average molecular weight is 267 g/mol. The second kappa shape index (κ2) is 6.15. The van der Waals surface area contributed by atoms with Crippen molar-refractivity contribution in [2.24, 2.45) is 5.92 Å². The van der Waals surface area contributed by atoms with Crippen molar-refractivity contribution in [3.63, 3.8) is 0 Å². The van der Waals surface area contributed by atoms with Crippen LogP contribution in [0.5, 0.6) is 0 Å². The third kappa shape index (κ3) is 4.63. The Kier molecular flexibility index (Phi) is 5.06. The van der Waals surface area contributed by atoms with Gasteiger partial charge in [-0.25, -0.2) is 4.39 Å². The van der Waals surface area contributed by atoms with Gasteiger partial charge in [0, 0.05) is 6.54 Å². The molecule has 0 aliphatic heterocycles. The van der Waals surface area contributed by atoms with E-state index in [9.17, 15) is 14.3 Å². The van der Waals surface area contributed by atoms with E-state index in [1.54, 1.807) is 26.0 Å². The van der Waals surface area contributed by atoms with Gasteiger partial charge in [0.25, 0.3) is 5.91 Å². The number of hydrogen-bond donors (Lipinski definition) is 2. The molecule has 0 aliphatic carbocycles. The molecule has 0 spiro atoms. The molecule has 3 nitrogen and oxygen atoms in total. The van der Waals surface area contributed by atoms with Crippen LogP contribution < -0.4 is 5.32 Å². The Morgan fingerprint density at radius 3 is 2.68 bits per heavy atom. The van der Waals surface area contributed by atoms with Gasteiger partial charge in [-0.05, 0) is 37.8 Å². The molecule has 0 aromatic heterocycles. The SMILES string of the molecule is Cc1cccc(C(=O)NCC(C)(O)CC(C)C)c1F. The van der Waals surface area contributed by atoms with E-state index >= 15 is 0 Å². The monoisotopic (exact) mass is 267 g/mol. The van der Waals surface area contributed by atoms with Crippen molar-refractivity contribution in [2.75, 3.05) is 6.54 Å². The minimum absolute atomic E-state index is 0.0142. The number of carbonyl (C=O) groups excluding carboxylic acids is 1. The van der Waals surface area contributed by atoms with Crippen molar-refractivity contribution < 1.29 is 14.3 Å². The first-order valence-corrected chi connectivity index (χ1v) is 6.48. The lowest BCUT2D eigenvalue weighted by molar-refractivity contribution is 0.0367. The zero-order valence-electron chi connectivity index (χ0n) is 12.0. The van der Waals surface area contributed by atoms with E-state index in [2.05, 4.69) is 5.32 Å². The molecule has 106 valence electrons. The lowest BCUT2D eigenvalue weighted by Gasteiger charge is -2.25. The first kappa shape index (κ1) is 15.6. The van der Waals surface area contributed by atoms with Crippen molar-refractivity contribution in [3.05, 3.63) is 35.1 Å². The summed E-state index contributed by atoms with van der Waals surface area (Å²) in [7, 11) is 0. The number of nitrogens with one attached hydrogen (secondary N) is 1. The Labute approximate surface area is 113 Å². The van der Waals surface area contributed by atoms with Crippen LogP contribution in [0.1, 0.15) is 43.1 Å². The molecule has 0 radical (unpaired) electrons. The van der Waals surface area contributed by atoms with Gasteiger partial charge >= 0.3 is 0 Å². The molecule has 1 rings (SSSR count). The summed E-state index contributed by atoms with van der Waals surface area (Å²) >= 11 is 0. The number of aryl methyl sites for hydroxylation is 1. The zero-order chi connectivity index (χ0) is 14.6. The molecule has 0 saturated carbocycles. The van der Waals surface area contributed by atoms with Gasteiger partial charge in [-0.3, -0.25) is 4.79 Å². The zero-order valence-corrected chi connectivity index (χ0v) is 12.0. The van der Waals surface area contributed by atoms with Gasteiger partial charge < -0.3 is 10.4 Å². The first-order chi connectivity index (χ1) is 8.73. The fraction of sp³-hybridized carbons (Fsp3) is 0.533. The predicted molar refractivity (Wildman–Crippen MR) is 73.5 cm³/mol. The van der Waals surface area contributed by atoms with Gasteiger partial charge in [0.1, 0.15) is 5.82 Å². The Morgan fingerprint density at radius 2 is 2.11 bits per heavy atom. The van der Waals surface area contributed by atoms with Crippen molar-refractivity contribution in [3.8, 4) is 0 Å². The molecule has 0 aliphatic rings. The quantitative estimate of drug-likeness (QED) is 0.861. The predicted octanol–water partition coefficient (Wildman–Crippen LogP) is 2.66. The number of halogens is 1. The van der Waals surface area contributed by atoms with Crippen molar-refractivity contribution in [1.82, 2.24) is 5.32 Å². The summed E-state index contributed by atoms with van der Waals surface area (Å²) in [5.74, 6) is -0.684. The third-order valence-electron chi connectivity index (χ3n) is 2.91. The molecule has 4 heteroatoms. The second-order valence-electron chi connectivity index (χ2n) is 5.71. The summed E-state index contributed by atoms with van der Waals surface area (Å²) in [6.45, 7) is 7.38. The number of aliphatic hydroxyl groups is 1. The van der Waals surface area contributed by atoms with Crippen LogP contribution >= 0.6 is 0 Å². The first-order valence-electron chi connectivity index (χ1n) is 6.48. The molecule has 1 amide bonds. The van der Waals surface area contributed by atoms with Crippen molar-refractivity contribution in [2.45, 2.75) is 39.7 Å². The molecule has 0 fully saturated rings. The van der Waals surface area contributed by atoms with Crippen molar-refractivity contribution in [1.29, 1.82) is 0 Å². The largest absolute Gasteiger partial charge is 0.388 e. The maximum atomic E-state index is 13.8. The van der Waals surface area contributed by atoms with Crippen LogP contribution in [0.25, 0.3) is 0 Å². The van der Waals surface area contributed by atoms with Gasteiger partial charge in [0.05, 0.1) is 11.2 Å². The number of rotatable bonds is 5. The Balaban J connectivity index is 2.68. The molecule has 0 bridgehead atoms. The van der Waals surface area contributed by atoms with Gasteiger partial charge in [-0.15, -0.1) is 0 Å². The van der Waals surface area contributed by atoms with Gasteiger partial charge in [0.15, 0.2) is 0 Å². The fourth-order valence-corrected chi connectivity index (χ4v) is 2.14. The van der Waals surface area contributed by atoms with E-state index in [4.69, 9.17) is 0 Å². The third-order valence-corrected chi connectivity index (χ3v) is 2.91. The average Bonchev–Trinajstić information content (AvgIpc) is 2.28. The molecule has 1 unspecified atom stereocenters. The summed E-state index contributed by atoms with van der Waals surface area (Å²) in [4.78, 5) is 11.9. The molecule has 2 N–H and O–H groups in total. The minimum atomic E-state index is -0.982. The van der Waals surface area contributed by atoms with Crippen molar-refractivity contribution >= 4 is 5.91 Å². The highest BCUT2D eigenvalue weighted by Crippen LogP contribution is 2.16. The number of benzene rings is 1. The molecule has 1 aromatic rings. The summed E-state index contributed by atoms with van der Waals surface area (Å²) in [6.07, 6.45) is 0.573. The van der Waals surface area contributed by atoms with Gasteiger partial charge in [-0.2, -0.15) is 0 Å². The highest BCUT2D eigenvalue weighted by atomic mass is 19.1. The smallest absolute Gasteiger partial charge is 0.254 e. The van der Waals surface area contributed by atoms with E-state index in [0.717, 1.165) is 0 Å². The topological polar surface area (TPSA) is 49.3 Å². The van der Waals surface area contributed by atoms with E-state index in [-0.39, 0.29) is 12.1 Å². The molecule has 0 heterocycles. The number of amides is 1. The summed E-state index contributed by atoms with van der Waals surface area (Å²) in [5.41, 5.74) is -0.536. The second-order valence-corrected chi connectivity index (χ2v) is 5.71. The molecule has 1 atom stereocenters. The van der Waals surface area contributed by atoms with E-state index in [1.165, 1.54) is 6.07 Å². The minimum Gasteiger partial charge on any atom is -0.388 e. The molecular formula is C15H22FNO2. The summed E-state index contributed by atoms with van der Waals surface area (Å²) in [5, 5.41) is 12.7. The Morgan fingerprint density at radius 1 is 1.47 bits per heavy atom. The normalized spacial score (nSPS) is 14.3. The highest BCUT2D eigenvalue weighted by molar-refractivity contribution is 5.94. The standard InChI is InChI=1S/C15H22FNO2/c1-10(2)8-15(4,19)9-17-14(18)12-7-5-6-11(3)13(12)16/h5-7,10,19H,8-9H2,1-4H3,(H,17,18). The van der Waals surface area contributed by atoms with Gasteiger partial charge in [-0.1, -0.05) is 26.0 Å². The van der Waals surface area contributed by atoms with Crippen LogP contribution in [0.15, 0.2) is 18.2 Å². The van der Waals surface area contributed by atoms with Crippen LogP contribution in [0, 0.1) is 18.7 Å². The van der Waals surface area contributed by atoms with Crippen LogP contribution in [0.3, 0.4) is 0 Å². The number of carbonyl (C=O) groups is 1. The molecule has 0 saturated heterocycles. The molecule has 1 aromatic carbocycles. The molecule has 19 heavy (non-hydrogen) atoms. The number of hydrogen-bond acceptors (Lipinski definition) is 2. The van der Waals surface area contributed by atoms with E-state index < -0.39 is 17.3 Å².